The van der Waals surface area contributed by atoms with E-state index in [1.165, 1.54) is 27.6 Å². The monoisotopic (exact) mass is 275 g/mol. The number of hydrogen-bond acceptors (Lipinski definition) is 1. The molecule has 3 aromatic rings. The lowest BCUT2D eigenvalue weighted by Crippen LogP contribution is -1.99. The molecular weight excluding hydrogens is 254 g/mol. The lowest BCUT2D eigenvalue weighted by atomic mass is 9.94. The molecule has 1 nitrogen and oxygen atoms in total. The van der Waals surface area contributed by atoms with Crippen molar-refractivity contribution in [1.82, 2.24) is 4.98 Å². The number of hydrogen-bond donors (Lipinski definition) is 0. The SMILES string of the molecule is CCc1ccc2ncccc2c1CCc1cccc(C)c1. The fourth-order valence-electron chi connectivity index (χ4n) is 3.02. The molecule has 0 saturated carbocycles. The summed E-state index contributed by atoms with van der Waals surface area (Å²) in [5.41, 5.74) is 6.77. The number of fused-ring (bicyclic) bond motifs is 1. The number of aromatic nitrogens is 1. The summed E-state index contributed by atoms with van der Waals surface area (Å²) >= 11 is 0. The molecule has 0 N–H and O–H groups in total. The Balaban J connectivity index is 1.95. The first-order chi connectivity index (χ1) is 10.3. The topological polar surface area (TPSA) is 12.9 Å². The Morgan fingerprint density at radius 2 is 1.86 bits per heavy atom. The van der Waals surface area contributed by atoms with Crippen molar-refractivity contribution in [1.29, 1.82) is 0 Å². The summed E-state index contributed by atoms with van der Waals surface area (Å²) in [4.78, 5) is 4.49. The molecule has 2 aromatic carbocycles. The minimum atomic E-state index is 1.08. The van der Waals surface area contributed by atoms with Crippen LogP contribution in [0.25, 0.3) is 10.9 Å². The molecule has 0 amide bonds. The summed E-state index contributed by atoms with van der Waals surface area (Å²) in [5.74, 6) is 0. The van der Waals surface area contributed by atoms with Gasteiger partial charge in [0.1, 0.15) is 0 Å². The number of aryl methyl sites for hydroxylation is 4. The van der Waals surface area contributed by atoms with E-state index in [-0.39, 0.29) is 0 Å². The quantitative estimate of drug-likeness (QED) is 0.660. The van der Waals surface area contributed by atoms with Crippen LogP contribution in [0.5, 0.6) is 0 Å². The van der Waals surface area contributed by atoms with Crippen molar-refractivity contribution in [3.63, 3.8) is 0 Å². The molecule has 1 heterocycles. The Morgan fingerprint density at radius 3 is 2.67 bits per heavy atom. The highest BCUT2D eigenvalue weighted by Crippen LogP contribution is 2.23. The number of nitrogens with zero attached hydrogens (tertiary/aromatic N) is 1. The summed E-state index contributed by atoms with van der Waals surface area (Å²) < 4.78 is 0. The highest BCUT2D eigenvalue weighted by molar-refractivity contribution is 5.83. The number of pyridine rings is 1. The fraction of sp³-hybridized carbons (Fsp3) is 0.250. The van der Waals surface area contributed by atoms with E-state index >= 15 is 0 Å². The molecule has 0 aliphatic rings. The molecule has 0 spiro atoms. The molecular formula is C20H21N. The van der Waals surface area contributed by atoms with Crippen LogP contribution >= 0.6 is 0 Å². The molecule has 0 radical (unpaired) electrons. The molecule has 0 aliphatic carbocycles. The second-order valence-corrected chi connectivity index (χ2v) is 5.62. The predicted octanol–water partition coefficient (Wildman–Crippen LogP) is 4.89. The molecule has 0 fully saturated rings. The zero-order valence-electron chi connectivity index (χ0n) is 12.8. The normalized spacial score (nSPS) is 11.0. The largest absolute Gasteiger partial charge is 0.256 e. The van der Waals surface area contributed by atoms with Crippen molar-refractivity contribution in [3.05, 3.63) is 77.0 Å². The zero-order chi connectivity index (χ0) is 14.7. The maximum absolute atomic E-state index is 4.49. The van der Waals surface area contributed by atoms with Crippen LogP contribution in [0.3, 0.4) is 0 Å². The van der Waals surface area contributed by atoms with Gasteiger partial charge in [-0.3, -0.25) is 4.98 Å². The molecule has 106 valence electrons. The van der Waals surface area contributed by atoms with Gasteiger partial charge in [-0.25, -0.2) is 0 Å². The maximum Gasteiger partial charge on any atom is 0.0704 e. The molecule has 0 atom stereocenters. The minimum Gasteiger partial charge on any atom is -0.256 e. The van der Waals surface area contributed by atoms with E-state index in [1.54, 1.807) is 0 Å². The van der Waals surface area contributed by atoms with Crippen LogP contribution in [-0.2, 0) is 19.3 Å². The van der Waals surface area contributed by atoms with Crippen molar-refractivity contribution >= 4 is 10.9 Å². The van der Waals surface area contributed by atoms with Gasteiger partial charge >= 0.3 is 0 Å². The molecule has 0 saturated heterocycles. The van der Waals surface area contributed by atoms with Gasteiger partial charge in [-0.1, -0.05) is 48.9 Å². The Bertz CT molecular complexity index is 759. The van der Waals surface area contributed by atoms with E-state index in [0.717, 1.165) is 24.8 Å². The van der Waals surface area contributed by atoms with Crippen LogP contribution in [0, 0.1) is 6.92 Å². The van der Waals surface area contributed by atoms with E-state index < -0.39 is 0 Å². The summed E-state index contributed by atoms with van der Waals surface area (Å²) in [6.45, 7) is 4.39. The van der Waals surface area contributed by atoms with Gasteiger partial charge in [-0.15, -0.1) is 0 Å². The minimum absolute atomic E-state index is 1.08. The van der Waals surface area contributed by atoms with Gasteiger partial charge < -0.3 is 0 Å². The third-order valence-corrected chi connectivity index (χ3v) is 4.12. The van der Waals surface area contributed by atoms with Crippen molar-refractivity contribution < 1.29 is 0 Å². The standard InChI is InChI=1S/C20H21N/c1-3-17-10-12-20-19(8-5-13-21-20)18(17)11-9-16-7-4-6-15(2)14-16/h4-8,10,12-14H,3,9,11H2,1-2H3. The van der Waals surface area contributed by atoms with Gasteiger partial charge in [-0.05, 0) is 55.0 Å². The molecule has 3 rings (SSSR count). The predicted molar refractivity (Wildman–Crippen MR) is 89.7 cm³/mol. The lowest BCUT2D eigenvalue weighted by Gasteiger charge is -2.12. The van der Waals surface area contributed by atoms with Gasteiger partial charge in [0, 0.05) is 11.6 Å². The Morgan fingerprint density at radius 1 is 0.952 bits per heavy atom. The molecule has 1 heteroatoms. The van der Waals surface area contributed by atoms with E-state index in [2.05, 4.69) is 61.3 Å². The van der Waals surface area contributed by atoms with E-state index in [0.29, 0.717) is 0 Å². The molecule has 0 aliphatic heterocycles. The molecule has 1 aromatic heterocycles. The second-order valence-electron chi connectivity index (χ2n) is 5.62. The Labute approximate surface area is 126 Å². The highest BCUT2D eigenvalue weighted by Gasteiger charge is 2.07. The van der Waals surface area contributed by atoms with Crippen LogP contribution in [0.15, 0.2) is 54.7 Å². The summed E-state index contributed by atoms with van der Waals surface area (Å²) in [6.07, 6.45) is 5.12. The second kappa shape index (κ2) is 6.09. The van der Waals surface area contributed by atoms with Crippen molar-refractivity contribution in [2.75, 3.05) is 0 Å². The lowest BCUT2D eigenvalue weighted by molar-refractivity contribution is 0.938. The average Bonchev–Trinajstić information content (AvgIpc) is 2.52. The molecule has 21 heavy (non-hydrogen) atoms. The van der Waals surface area contributed by atoms with Crippen LogP contribution in [0.1, 0.15) is 29.2 Å². The van der Waals surface area contributed by atoms with E-state index in [1.807, 2.05) is 12.3 Å². The summed E-state index contributed by atoms with van der Waals surface area (Å²) in [5, 5.41) is 1.31. The zero-order valence-corrected chi connectivity index (χ0v) is 12.8. The average molecular weight is 275 g/mol. The molecule has 0 bridgehead atoms. The maximum atomic E-state index is 4.49. The van der Waals surface area contributed by atoms with E-state index in [4.69, 9.17) is 0 Å². The number of rotatable bonds is 4. The highest BCUT2D eigenvalue weighted by atomic mass is 14.6. The van der Waals surface area contributed by atoms with Gasteiger partial charge in [0.05, 0.1) is 5.52 Å². The van der Waals surface area contributed by atoms with Gasteiger partial charge in [0.25, 0.3) is 0 Å². The van der Waals surface area contributed by atoms with Gasteiger partial charge in [-0.2, -0.15) is 0 Å². The Kier molecular flexibility index (Phi) is 4.01. The third-order valence-electron chi connectivity index (χ3n) is 4.12. The number of benzene rings is 2. The first-order valence-corrected chi connectivity index (χ1v) is 7.69. The van der Waals surface area contributed by atoms with Crippen molar-refractivity contribution in [2.24, 2.45) is 0 Å². The summed E-state index contributed by atoms with van der Waals surface area (Å²) in [6, 6.07) is 17.4. The van der Waals surface area contributed by atoms with Gasteiger partial charge in [0.15, 0.2) is 0 Å². The smallest absolute Gasteiger partial charge is 0.0704 e. The first kappa shape index (κ1) is 13.8. The van der Waals surface area contributed by atoms with Crippen molar-refractivity contribution in [2.45, 2.75) is 33.1 Å². The van der Waals surface area contributed by atoms with Gasteiger partial charge in [0.2, 0.25) is 0 Å². The first-order valence-electron chi connectivity index (χ1n) is 7.69. The van der Waals surface area contributed by atoms with Crippen LogP contribution in [-0.4, -0.2) is 4.98 Å². The fourth-order valence-corrected chi connectivity index (χ4v) is 3.02. The third kappa shape index (κ3) is 2.97. The van der Waals surface area contributed by atoms with Crippen LogP contribution in [0.4, 0.5) is 0 Å². The Hall–Kier alpha value is -2.15. The van der Waals surface area contributed by atoms with E-state index in [9.17, 15) is 0 Å². The van der Waals surface area contributed by atoms with Crippen LogP contribution < -0.4 is 0 Å². The molecule has 0 unspecified atom stereocenters. The summed E-state index contributed by atoms with van der Waals surface area (Å²) in [7, 11) is 0. The van der Waals surface area contributed by atoms with Crippen LogP contribution in [0.2, 0.25) is 0 Å². The van der Waals surface area contributed by atoms with Crippen molar-refractivity contribution in [3.8, 4) is 0 Å².